The van der Waals surface area contributed by atoms with Crippen molar-refractivity contribution < 1.29 is 9.90 Å². The minimum absolute atomic E-state index is 0.136. The maximum atomic E-state index is 10.8. The van der Waals surface area contributed by atoms with E-state index in [2.05, 4.69) is 0 Å². The molecule has 0 aliphatic carbocycles. The van der Waals surface area contributed by atoms with Crippen LogP contribution in [0, 0.1) is 0 Å². The summed E-state index contributed by atoms with van der Waals surface area (Å²) in [6.07, 6.45) is 4.00. The molecule has 0 heterocycles. The molecule has 102 valence electrons. The van der Waals surface area contributed by atoms with E-state index in [1.54, 1.807) is 19.1 Å². The highest BCUT2D eigenvalue weighted by molar-refractivity contribution is 8.13. The van der Waals surface area contributed by atoms with E-state index >= 15 is 0 Å². The Morgan fingerprint density at radius 2 is 1.60 bits per heavy atom. The maximum Gasteiger partial charge on any atom is 0.186 e. The number of phenols is 1. The lowest BCUT2D eigenvalue weighted by Gasteiger charge is -2.02. The summed E-state index contributed by atoms with van der Waals surface area (Å²) in [5.41, 5.74) is 3.29. The molecule has 0 saturated heterocycles. The summed E-state index contributed by atoms with van der Waals surface area (Å²) < 4.78 is 0. The standard InChI is InChI=1S/C17H16O2S/c1-13(18)20-12-2-3-14-4-6-15(7-5-14)16-8-10-17(19)11-9-16/h2-11,19H,12H2,1H3. The van der Waals surface area contributed by atoms with E-state index < -0.39 is 0 Å². The Labute approximate surface area is 123 Å². The van der Waals surface area contributed by atoms with Crippen molar-refractivity contribution in [2.75, 3.05) is 5.75 Å². The molecule has 0 fully saturated rings. The summed E-state index contributed by atoms with van der Waals surface area (Å²) in [5, 5.41) is 9.41. The van der Waals surface area contributed by atoms with Gasteiger partial charge >= 0.3 is 0 Å². The van der Waals surface area contributed by atoms with Crippen LogP contribution in [0.2, 0.25) is 0 Å². The van der Waals surface area contributed by atoms with Crippen molar-refractivity contribution in [3.8, 4) is 16.9 Å². The molecule has 0 unspecified atom stereocenters. The third-order valence-electron chi connectivity index (χ3n) is 2.80. The zero-order valence-corrected chi connectivity index (χ0v) is 12.1. The lowest BCUT2D eigenvalue weighted by molar-refractivity contribution is -0.109. The lowest BCUT2D eigenvalue weighted by atomic mass is 10.0. The summed E-state index contributed by atoms with van der Waals surface area (Å²) in [6.45, 7) is 1.57. The van der Waals surface area contributed by atoms with Gasteiger partial charge in [-0.2, -0.15) is 0 Å². The molecule has 20 heavy (non-hydrogen) atoms. The zero-order valence-electron chi connectivity index (χ0n) is 11.2. The smallest absolute Gasteiger partial charge is 0.186 e. The minimum Gasteiger partial charge on any atom is -0.508 e. The van der Waals surface area contributed by atoms with Gasteiger partial charge in [0.1, 0.15) is 5.75 Å². The molecule has 0 aliphatic rings. The fraction of sp³-hybridized carbons (Fsp3) is 0.118. The second-order valence-electron chi connectivity index (χ2n) is 4.37. The van der Waals surface area contributed by atoms with Gasteiger partial charge in [0.05, 0.1) is 0 Å². The average molecular weight is 284 g/mol. The molecule has 0 aromatic heterocycles. The van der Waals surface area contributed by atoms with E-state index in [0.29, 0.717) is 5.75 Å². The van der Waals surface area contributed by atoms with Crippen LogP contribution >= 0.6 is 11.8 Å². The first kappa shape index (κ1) is 14.4. The molecule has 0 bridgehead atoms. The van der Waals surface area contributed by atoms with Crippen LogP contribution in [0.5, 0.6) is 5.75 Å². The van der Waals surface area contributed by atoms with Gasteiger partial charge in [0.25, 0.3) is 0 Å². The Kier molecular flexibility index (Phi) is 5.02. The number of hydrogen-bond acceptors (Lipinski definition) is 3. The predicted octanol–water partition coefficient (Wildman–Crippen LogP) is 4.35. The molecule has 0 aliphatic heterocycles. The third-order valence-corrected chi connectivity index (χ3v) is 3.57. The van der Waals surface area contributed by atoms with Gasteiger partial charge in [0.15, 0.2) is 5.12 Å². The number of thioether (sulfide) groups is 1. The second-order valence-corrected chi connectivity index (χ2v) is 5.57. The van der Waals surface area contributed by atoms with Crippen molar-refractivity contribution in [2.45, 2.75) is 6.92 Å². The highest BCUT2D eigenvalue weighted by Gasteiger charge is 1.97. The SMILES string of the molecule is CC(=O)SCC=Cc1ccc(-c2ccc(O)cc2)cc1. The summed E-state index contributed by atoms with van der Waals surface area (Å²) in [5.74, 6) is 0.978. The van der Waals surface area contributed by atoms with Gasteiger partial charge in [-0.05, 0) is 28.8 Å². The summed E-state index contributed by atoms with van der Waals surface area (Å²) in [7, 11) is 0. The molecule has 2 rings (SSSR count). The third kappa shape index (κ3) is 4.28. The van der Waals surface area contributed by atoms with E-state index in [1.165, 1.54) is 11.8 Å². The van der Waals surface area contributed by atoms with Crippen LogP contribution < -0.4 is 0 Å². The van der Waals surface area contributed by atoms with Crippen LogP contribution in [0.3, 0.4) is 0 Å². The molecule has 2 aromatic rings. The van der Waals surface area contributed by atoms with Crippen molar-refractivity contribution in [3.63, 3.8) is 0 Å². The predicted molar refractivity (Wildman–Crippen MR) is 85.7 cm³/mol. The Hall–Kier alpha value is -2.00. The van der Waals surface area contributed by atoms with Gasteiger partial charge < -0.3 is 5.11 Å². The number of carbonyl (C=O) groups excluding carboxylic acids is 1. The van der Waals surface area contributed by atoms with Gasteiger partial charge in [0.2, 0.25) is 0 Å². The molecular formula is C17H16O2S. The molecule has 0 amide bonds. The molecule has 0 atom stereocenters. The lowest BCUT2D eigenvalue weighted by Crippen LogP contribution is -1.82. The molecule has 0 radical (unpaired) electrons. The van der Waals surface area contributed by atoms with Crippen molar-refractivity contribution in [1.29, 1.82) is 0 Å². The normalized spacial score (nSPS) is 10.8. The quantitative estimate of drug-likeness (QED) is 0.906. The average Bonchev–Trinajstić information content (AvgIpc) is 2.45. The fourth-order valence-electron chi connectivity index (χ4n) is 1.79. The minimum atomic E-state index is 0.136. The zero-order chi connectivity index (χ0) is 14.4. The van der Waals surface area contributed by atoms with Crippen LogP contribution in [0.15, 0.2) is 54.6 Å². The van der Waals surface area contributed by atoms with Crippen LogP contribution in [0.4, 0.5) is 0 Å². The van der Waals surface area contributed by atoms with Crippen molar-refractivity contribution in [2.24, 2.45) is 0 Å². The van der Waals surface area contributed by atoms with E-state index in [0.717, 1.165) is 16.7 Å². The highest BCUT2D eigenvalue weighted by Crippen LogP contribution is 2.22. The van der Waals surface area contributed by atoms with E-state index in [1.807, 2.05) is 48.6 Å². The number of carbonyl (C=O) groups is 1. The first-order valence-corrected chi connectivity index (χ1v) is 7.33. The summed E-state index contributed by atoms with van der Waals surface area (Å²) in [4.78, 5) is 10.8. The van der Waals surface area contributed by atoms with Gasteiger partial charge in [0, 0.05) is 12.7 Å². The number of rotatable bonds is 4. The first-order valence-electron chi connectivity index (χ1n) is 6.34. The van der Waals surface area contributed by atoms with Crippen LogP contribution in [-0.2, 0) is 4.79 Å². The fourth-order valence-corrected chi connectivity index (χ4v) is 2.22. The van der Waals surface area contributed by atoms with E-state index in [-0.39, 0.29) is 10.9 Å². The Morgan fingerprint density at radius 1 is 1.05 bits per heavy atom. The Balaban J connectivity index is 2.02. The molecular weight excluding hydrogens is 268 g/mol. The van der Waals surface area contributed by atoms with E-state index in [4.69, 9.17) is 0 Å². The first-order chi connectivity index (χ1) is 9.65. The van der Waals surface area contributed by atoms with Crippen LogP contribution in [0.1, 0.15) is 12.5 Å². The largest absolute Gasteiger partial charge is 0.508 e. The number of aromatic hydroxyl groups is 1. The highest BCUT2D eigenvalue weighted by atomic mass is 32.2. The van der Waals surface area contributed by atoms with E-state index in [9.17, 15) is 9.90 Å². The van der Waals surface area contributed by atoms with Gasteiger partial charge in [-0.3, -0.25) is 4.79 Å². The Bertz CT molecular complexity index is 598. The Morgan fingerprint density at radius 3 is 2.15 bits per heavy atom. The molecule has 0 spiro atoms. The number of phenolic OH excluding ortho intramolecular Hbond substituents is 1. The van der Waals surface area contributed by atoms with Crippen LogP contribution in [-0.4, -0.2) is 16.0 Å². The number of benzene rings is 2. The molecule has 3 heteroatoms. The van der Waals surface area contributed by atoms with Crippen molar-refractivity contribution in [3.05, 3.63) is 60.2 Å². The van der Waals surface area contributed by atoms with Crippen LogP contribution in [0.25, 0.3) is 17.2 Å². The second kappa shape index (κ2) is 6.96. The van der Waals surface area contributed by atoms with Gasteiger partial charge in [-0.25, -0.2) is 0 Å². The van der Waals surface area contributed by atoms with Gasteiger partial charge in [-0.1, -0.05) is 60.3 Å². The molecule has 2 aromatic carbocycles. The van der Waals surface area contributed by atoms with Gasteiger partial charge in [-0.15, -0.1) is 0 Å². The molecule has 1 N–H and O–H groups in total. The monoisotopic (exact) mass is 284 g/mol. The molecule has 2 nitrogen and oxygen atoms in total. The molecule has 0 saturated carbocycles. The maximum absolute atomic E-state index is 10.8. The summed E-state index contributed by atoms with van der Waals surface area (Å²) >= 11 is 1.30. The topological polar surface area (TPSA) is 37.3 Å². The number of hydrogen-bond donors (Lipinski definition) is 1. The summed E-state index contributed by atoms with van der Waals surface area (Å²) in [6, 6.07) is 15.3. The van der Waals surface area contributed by atoms with Crippen molar-refractivity contribution >= 4 is 23.0 Å². The van der Waals surface area contributed by atoms with Crippen molar-refractivity contribution in [1.82, 2.24) is 0 Å².